The number of aryl methyl sites for hydroxylation is 1. The Morgan fingerprint density at radius 2 is 2.16 bits per heavy atom. The van der Waals surface area contributed by atoms with Crippen molar-refractivity contribution in [3.63, 3.8) is 0 Å². The van der Waals surface area contributed by atoms with Crippen LogP contribution in [-0.4, -0.2) is 25.1 Å². The fourth-order valence-electron chi connectivity index (χ4n) is 2.25. The Labute approximate surface area is 111 Å². The zero-order valence-electron chi connectivity index (χ0n) is 11.1. The van der Waals surface area contributed by atoms with Gasteiger partial charge in [-0.15, -0.1) is 0 Å². The Balaban J connectivity index is 1.79. The molecule has 98 valence electrons. The second kappa shape index (κ2) is 4.76. The number of fused-ring (bicyclic) bond motifs is 1. The Hall–Kier alpha value is -2.30. The Morgan fingerprint density at radius 3 is 2.89 bits per heavy atom. The van der Waals surface area contributed by atoms with Gasteiger partial charge in [0.15, 0.2) is 0 Å². The number of hydrogen-bond acceptors (Lipinski definition) is 3. The summed E-state index contributed by atoms with van der Waals surface area (Å²) in [5.41, 5.74) is 2.15. The summed E-state index contributed by atoms with van der Waals surface area (Å²) in [6, 6.07) is 8.43. The Kier molecular flexibility index (Phi) is 2.95. The van der Waals surface area contributed by atoms with Crippen LogP contribution in [0, 0.1) is 0 Å². The van der Waals surface area contributed by atoms with E-state index in [1.165, 1.54) is 0 Å². The molecule has 0 aliphatic heterocycles. The van der Waals surface area contributed by atoms with E-state index < -0.39 is 0 Å². The molecule has 0 spiro atoms. The fourth-order valence-corrected chi connectivity index (χ4v) is 2.25. The predicted octanol–water partition coefficient (Wildman–Crippen LogP) is 2.27. The van der Waals surface area contributed by atoms with Crippen LogP contribution in [0.25, 0.3) is 11.0 Å². The first-order chi connectivity index (χ1) is 9.24. The molecule has 0 aliphatic rings. The molecule has 0 radical (unpaired) electrons. The summed E-state index contributed by atoms with van der Waals surface area (Å²) in [6.07, 6.45) is 5.59. The molecule has 1 aromatic carbocycles. The molecule has 0 fully saturated rings. The van der Waals surface area contributed by atoms with Gasteiger partial charge in [-0.25, -0.2) is 9.97 Å². The lowest BCUT2D eigenvalue weighted by molar-refractivity contribution is 0.612. The summed E-state index contributed by atoms with van der Waals surface area (Å²) in [6.45, 7) is 3.00. The van der Waals surface area contributed by atoms with Crippen molar-refractivity contribution >= 4 is 17.0 Å². The van der Waals surface area contributed by atoms with Gasteiger partial charge in [0.05, 0.1) is 17.4 Å². The first kappa shape index (κ1) is 11.8. The number of aromatic nitrogens is 4. The van der Waals surface area contributed by atoms with Crippen LogP contribution >= 0.6 is 0 Å². The Morgan fingerprint density at radius 1 is 1.32 bits per heavy atom. The van der Waals surface area contributed by atoms with E-state index in [1.807, 2.05) is 37.8 Å². The SMILES string of the molecule is CC(Cn1ccnc1)Nc1nc2ccccc2n1C. The molecule has 1 N–H and O–H groups in total. The highest BCUT2D eigenvalue weighted by atomic mass is 15.2. The summed E-state index contributed by atoms with van der Waals surface area (Å²) < 4.78 is 4.14. The number of benzene rings is 1. The van der Waals surface area contributed by atoms with Crippen molar-refractivity contribution in [1.82, 2.24) is 19.1 Å². The van der Waals surface area contributed by atoms with Crippen LogP contribution in [0.15, 0.2) is 43.0 Å². The molecule has 5 nitrogen and oxygen atoms in total. The van der Waals surface area contributed by atoms with Crippen molar-refractivity contribution in [2.45, 2.75) is 19.5 Å². The van der Waals surface area contributed by atoms with Gasteiger partial charge in [-0.2, -0.15) is 0 Å². The van der Waals surface area contributed by atoms with Crippen LogP contribution in [0.1, 0.15) is 6.92 Å². The highest BCUT2D eigenvalue weighted by Crippen LogP contribution is 2.18. The second-order valence-electron chi connectivity index (χ2n) is 4.79. The largest absolute Gasteiger partial charge is 0.351 e. The van der Waals surface area contributed by atoms with Crippen LogP contribution in [-0.2, 0) is 13.6 Å². The summed E-state index contributed by atoms with van der Waals surface area (Å²) in [5.74, 6) is 0.897. The smallest absolute Gasteiger partial charge is 0.203 e. The normalized spacial score (nSPS) is 12.7. The van der Waals surface area contributed by atoms with E-state index in [0.717, 1.165) is 23.5 Å². The molecule has 5 heteroatoms. The van der Waals surface area contributed by atoms with E-state index >= 15 is 0 Å². The third-order valence-corrected chi connectivity index (χ3v) is 3.21. The maximum absolute atomic E-state index is 4.61. The molecular weight excluding hydrogens is 238 g/mol. The average Bonchev–Trinajstić information content (AvgIpc) is 3.00. The number of hydrogen-bond donors (Lipinski definition) is 1. The lowest BCUT2D eigenvalue weighted by Gasteiger charge is -2.15. The molecule has 3 rings (SSSR count). The van der Waals surface area contributed by atoms with Crippen LogP contribution < -0.4 is 5.32 Å². The van der Waals surface area contributed by atoms with Crippen molar-refractivity contribution in [3.05, 3.63) is 43.0 Å². The number of anilines is 1. The molecule has 0 bridgehead atoms. The molecule has 0 amide bonds. The fraction of sp³-hybridized carbons (Fsp3) is 0.286. The molecule has 0 aliphatic carbocycles. The predicted molar refractivity (Wildman–Crippen MR) is 76.0 cm³/mol. The maximum Gasteiger partial charge on any atom is 0.203 e. The summed E-state index contributed by atoms with van der Waals surface area (Å²) in [4.78, 5) is 8.66. The number of para-hydroxylation sites is 2. The standard InChI is InChI=1S/C14H17N5/c1-11(9-19-8-7-15-10-19)16-14-17-12-5-3-4-6-13(12)18(14)2/h3-8,10-11H,9H2,1-2H3,(H,16,17). The highest BCUT2D eigenvalue weighted by Gasteiger charge is 2.10. The van der Waals surface area contributed by atoms with Crippen LogP contribution in [0.5, 0.6) is 0 Å². The number of rotatable bonds is 4. The number of nitrogens with one attached hydrogen (secondary N) is 1. The van der Waals surface area contributed by atoms with E-state index in [0.29, 0.717) is 0 Å². The zero-order valence-corrected chi connectivity index (χ0v) is 11.1. The van der Waals surface area contributed by atoms with Crippen molar-refractivity contribution in [2.24, 2.45) is 7.05 Å². The molecule has 1 atom stereocenters. The van der Waals surface area contributed by atoms with Crippen LogP contribution in [0.2, 0.25) is 0 Å². The van der Waals surface area contributed by atoms with Crippen molar-refractivity contribution in [2.75, 3.05) is 5.32 Å². The van der Waals surface area contributed by atoms with Crippen molar-refractivity contribution in [3.8, 4) is 0 Å². The Bertz CT molecular complexity index is 668. The third kappa shape index (κ3) is 2.31. The topological polar surface area (TPSA) is 47.7 Å². The van der Waals surface area contributed by atoms with Gasteiger partial charge >= 0.3 is 0 Å². The quantitative estimate of drug-likeness (QED) is 0.778. The van der Waals surface area contributed by atoms with Gasteiger partial charge in [-0.3, -0.25) is 0 Å². The van der Waals surface area contributed by atoms with E-state index in [9.17, 15) is 0 Å². The lowest BCUT2D eigenvalue weighted by Crippen LogP contribution is -2.23. The van der Waals surface area contributed by atoms with E-state index in [4.69, 9.17) is 0 Å². The number of imidazole rings is 2. The minimum Gasteiger partial charge on any atom is -0.351 e. The first-order valence-corrected chi connectivity index (χ1v) is 6.38. The molecule has 0 saturated carbocycles. The third-order valence-electron chi connectivity index (χ3n) is 3.21. The maximum atomic E-state index is 4.61. The van der Waals surface area contributed by atoms with Gasteiger partial charge in [0.1, 0.15) is 0 Å². The minimum absolute atomic E-state index is 0.282. The van der Waals surface area contributed by atoms with Crippen LogP contribution in [0.3, 0.4) is 0 Å². The van der Waals surface area contributed by atoms with Gasteiger partial charge in [-0.1, -0.05) is 12.1 Å². The van der Waals surface area contributed by atoms with Crippen molar-refractivity contribution in [1.29, 1.82) is 0 Å². The molecule has 3 aromatic rings. The summed E-state index contributed by atoms with van der Waals surface area (Å²) >= 11 is 0. The van der Waals surface area contributed by atoms with Gasteiger partial charge in [0, 0.05) is 32.0 Å². The molecule has 2 heterocycles. The molecular formula is C14H17N5. The van der Waals surface area contributed by atoms with E-state index in [1.54, 1.807) is 6.20 Å². The van der Waals surface area contributed by atoms with Gasteiger partial charge in [0.25, 0.3) is 0 Å². The number of nitrogens with zero attached hydrogens (tertiary/aromatic N) is 4. The minimum atomic E-state index is 0.282. The summed E-state index contributed by atoms with van der Waals surface area (Å²) in [7, 11) is 2.03. The van der Waals surface area contributed by atoms with Gasteiger partial charge in [0.2, 0.25) is 5.95 Å². The summed E-state index contributed by atoms with van der Waals surface area (Å²) in [5, 5.41) is 3.44. The monoisotopic (exact) mass is 255 g/mol. The first-order valence-electron chi connectivity index (χ1n) is 6.38. The van der Waals surface area contributed by atoms with E-state index in [2.05, 4.69) is 37.4 Å². The molecule has 2 aromatic heterocycles. The highest BCUT2D eigenvalue weighted by molar-refractivity contribution is 5.78. The molecule has 1 unspecified atom stereocenters. The van der Waals surface area contributed by atoms with E-state index in [-0.39, 0.29) is 6.04 Å². The molecule has 0 saturated heterocycles. The van der Waals surface area contributed by atoms with Gasteiger partial charge in [-0.05, 0) is 19.1 Å². The molecule has 19 heavy (non-hydrogen) atoms. The second-order valence-corrected chi connectivity index (χ2v) is 4.79. The zero-order chi connectivity index (χ0) is 13.2. The van der Waals surface area contributed by atoms with Crippen LogP contribution in [0.4, 0.5) is 5.95 Å². The lowest BCUT2D eigenvalue weighted by atomic mass is 10.3. The average molecular weight is 255 g/mol. The van der Waals surface area contributed by atoms with Crippen molar-refractivity contribution < 1.29 is 0 Å². The van der Waals surface area contributed by atoms with Gasteiger partial charge < -0.3 is 14.5 Å².